The van der Waals surface area contributed by atoms with Crippen LogP contribution in [0.15, 0.2) is 34.1 Å². The zero-order chi connectivity index (χ0) is 14.5. The first kappa shape index (κ1) is 16.8. The average Bonchev–Trinajstić information content (AvgIpc) is 2.27. The summed E-state index contributed by atoms with van der Waals surface area (Å²) in [4.78, 5) is 0.651. The van der Waals surface area contributed by atoms with Gasteiger partial charge in [0.2, 0.25) is 19.1 Å². The third kappa shape index (κ3) is 5.70. The van der Waals surface area contributed by atoms with E-state index in [9.17, 15) is 16.8 Å². The van der Waals surface area contributed by atoms with Crippen LogP contribution in [0, 0.1) is 0 Å². The number of benzene rings is 1. The lowest BCUT2D eigenvalue weighted by atomic mass is 10.4. The summed E-state index contributed by atoms with van der Waals surface area (Å²) >= 11 is 1.14. The van der Waals surface area contributed by atoms with Crippen LogP contribution in [-0.4, -0.2) is 34.9 Å². The van der Waals surface area contributed by atoms with Crippen molar-refractivity contribution < 1.29 is 16.8 Å². The van der Waals surface area contributed by atoms with Gasteiger partial charge in [0.1, 0.15) is 0 Å². The van der Waals surface area contributed by atoms with Crippen molar-refractivity contribution >= 4 is 41.5 Å². The second-order valence-electron chi connectivity index (χ2n) is 3.54. The highest BCUT2D eigenvalue weighted by Crippen LogP contribution is 2.26. The van der Waals surface area contributed by atoms with Gasteiger partial charge in [0, 0.05) is 27.9 Å². The number of thioether (sulfide) groups is 1. The number of halogens is 1. The average molecular weight is 344 g/mol. The van der Waals surface area contributed by atoms with Crippen molar-refractivity contribution in [3.8, 4) is 0 Å². The number of rotatable bonds is 7. The van der Waals surface area contributed by atoms with E-state index in [1.807, 2.05) is 0 Å². The Kier molecular flexibility index (Phi) is 6.13. The Balaban J connectivity index is 2.91. The second-order valence-corrected chi connectivity index (χ2v) is 9.31. The van der Waals surface area contributed by atoms with Crippen molar-refractivity contribution in [1.29, 1.82) is 0 Å². The summed E-state index contributed by atoms with van der Waals surface area (Å²) in [5.74, 6) is -0.0146. The third-order valence-corrected chi connectivity index (χ3v) is 6.28. The molecule has 0 aliphatic carbocycles. The summed E-state index contributed by atoms with van der Waals surface area (Å²) in [6, 6.07) is 6.43. The molecular weight excluding hydrogens is 330 g/mol. The first-order valence-corrected chi connectivity index (χ1v) is 10.3. The molecule has 0 atom stereocenters. The Labute approximate surface area is 122 Å². The largest absolute Gasteiger partial charge is 0.241 e. The van der Waals surface area contributed by atoms with E-state index in [0.717, 1.165) is 11.8 Å². The SMILES string of the molecule is CCNS(=O)(=O)c1ccccc1SCCS(=O)(=O)Cl. The summed E-state index contributed by atoms with van der Waals surface area (Å²) < 4.78 is 47.9. The molecule has 0 unspecified atom stereocenters. The minimum atomic E-state index is -3.57. The molecule has 19 heavy (non-hydrogen) atoms. The summed E-state index contributed by atoms with van der Waals surface area (Å²) in [5.41, 5.74) is 0. The van der Waals surface area contributed by atoms with Crippen molar-refractivity contribution in [2.24, 2.45) is 0 Å². The molecule has 1 aromatic rings. The quantitative estimate of drug-likeness (QED) is 0.601. The highest BCUT2D eigenvalue weighted by atomic mass is 35.7. The number of hydrogen-bond acceptors (Lipinski definition) is 5. The molecule has 1 rings (SSSR count). The first-order chi connectivity index (χ1) is 8.76. The summed E-state index contributed by atoms with van der Waals surface area (Å²) in [6.07, 6.45) is 0. The highest BCUT2D eigenvalue weighted by Gasteiger charge is 2.17. The van der Waals surface area contributed by atoms with Crippen molar-refractivity contribution in [3.05, 3.63) is 24.3 Å². The van der Waals surface area contributed by atoms with Crippen LogP contribution in [-0.2, 0) is 19.1 Å². The molecule has 1 aromatic carbocycles. The van der Waals surface area contributed by atoms with Gasteiger partial charge in [-0.25, -0.2) is 21.6 Å². The van der Waals surface area contributed by atoms with Gasteiger partial charge in [0.15, 0.2) is 0 Å². The van der Waals surface area contributed by atoms with E-state index in [1.54, 1.807) is 25.1 Å². The van der Waals surface area contributed by atoms with Gasteiger partial charge in [-0.2, -0.15) is 0 Å². The molecule has 108 valence electrons. The van der Waals surface area contributed by atoms with Crippen LogP contribution in [0.4, 0.5) is 0 Å². The topological polar surface area (TPSA) is 80.3 Å². The van der Waals surface area contributed by atoms with Crippen LogP contribution < -0.4 is 4.72 Å². The number of hydrogen-bond donors (Lipinski definition) is 1. The lowest BCUT2D eigenvalue weighted by Crippen LogP contribution is -2.23. The van der Waals surface area contributed by atoms with Gasteiger partial charge in [-0.1, -0.05) is 19.1 Å². The molecule has 0 aliphatic rings. The molecule has 0 aliphatic heterocycles. The van der Waals surface area contributed by atoms with Crippen LogP contribution in [0.25, 0.3) is 0 Å². The lowest BCUT2D eigenvalue weighted by Gasteiger charge is -2.09. The Morgan fingerprint density at radius 3 is 2.42 bits per heavy atom. The van der Waals surface area contributed by atoms with Crippen molar-refractivity contribution in [1.82, 2.24) is 4.72 Å². The fourth-order valence-electron chi connectivity index (χ4n) is 1.31. The van der Waals surface area contributed by atoms with E-state index < -0.39 is 19.1 Å². The normalized spacial score (nSPS) is 12.5. The molecule has 0 bridgehead atoms. The second kappa shape index (κ2) is 6.94. The predicted octanol–water partition coefficient (Wildman–Crippen LogP) is 1.65. The van der Waals surface area contributed by atoms with Gasteiger partial charge in [0.25, 0.3) is 0 Å². The molecule has 0 spiro atoms. The van der Waals surface area contributed by atoms with E-state index in [1.165, 1.54) is 6.07 Å². The maximum atomic E-state index is 11.9. The van der Waals surface area contributed by atoms with Crippen molar-refractivity contribution in [2.45, 2.75) is 16.7 Å². The zero-order valence-corrected chi connectivity index (χ0v) is 13.4. The monoisotopic (exact) mass is 343 g/mol. The van der Waals surface area contributed by atoms with Crippen molar-refractivity contribution in [2.75, 3.05) is 18.1 Å². The third-order valence-electron chi connectivity index (χ3n) is 2.06. The maximum absolute atomic E-state index is 11.9. The van der Waals surface area contributed by atoms with E-state index in [0.29, 0.717) is 4.90 Å². The Hall–Kier alpha value is -0.280. The zero-order valence-electron chi connectivity index (χ0n) is 10.2. The van der Waals surface area contributed by atoms with Gasteiger partial charge < -0.3 is 0 Å². The fraction of sp³-hybridized carbons (Fsp3) is 0.400. The van der Waals surface area contributed by atoms with Crippen LogP contribution in [0.2, 0.25) is 0 Å². The molecule has 0 fully saturated rings. The molecule has 5 nitrogen and oxygen atoms in total. The maximum Gasteiger partial charge on any atom is 0.241 e. The molecule has 0 saturated carbocycles. The molecule has 0 amide bonds. The highest BCUT2D eigenvalue weighted by molar-refractivity contribution is 8.14. The van der Waals surface area contributed by atoms with Crippen molar-refractivity contribution in [3.63, 3.8) is 0 Å². The Morgan fingerprint density at radius 1 is 1.21 bits per heavy atom. The van der Waals surface area contributed by atoms with Crippen LogP contribution in [0.5, 0.6) is 0 Å². The predicted molar refractivity (Wildman–Crippen MR) is 77.7 cm³/mol. The molecule has 0 saturated heterocycles. The smallest absolute Gasteiger partial charge is 0.212 e. The standard InChI is InChI=1S/C10H14ClNO4S3/c1-2-12-19(15,16)10-6-4-3-5-9(10)17-7-8-18(11,13)14/h3-6,12H,2,7-8H2,1H3. The van der Waals surface area contributed by atoms with Gasteiger partial charge in [-0.05, 0) is 12.1 Å². The molecular formula is C10H14ClNO4S3. The van der Waals surface area contributed by atoms with Gasteiger partial charge in [0.05, 0.1) is 10.6 Å². The summed E-state index contributed by atoms with van der Waals surface area (Å²) in [5, 5.41) is 0. The molecule has 1 N–H and O–H groups in total. The number of sulfonamides is 1. The van der Waals surface area contributed by atoms with E-state index in [2.05, 4.69) is 4.72 Å². The minimum absolute atomic E-state index is 0.147. The lowest BCUT2D eigenvalue weighted by molar-refractivity contribution is 0.582. The Bertz CT molecular complexity index is 628. The number of nitrogens with one attached hydrogen (secondary N) is 1. The van der Waals surface area contributed by atoms with E-state index in [-0.39, 0.29) is 22.9 Å². The summed E-state index contributed by atoms with van der Waals surface area (Å²) in [6.45, 7) is 1.98. The van der Waals surface area contributed by atoms with Crippen LogP contribution in [0.3, 0.4) is 0 Å². The Morgan fingerprint density at radius 2 is 1.84 bits per heavy atom. The first-order valence-electron chi connectivity index (χ1n) is 5.40. The van der Waals surface area contributed by atoms with Crippen LogP contribution in [0.1, 0.15) is 6.92 Å². The van der Waals surface area contributed by atoms with E-state index >= 15 is 0 Å². The molecule has 0 heterocycles. The van der Waals surface area contributed by atoms with Gasteiger partial charge in [-0.15, -0.1) is 11.8 Å². The van der Waals surface area contributed by atoms with Gasteiger partial charge >= 0.3 is 0 Å². The summed E-state index contributed by atoms with van der Waals surface area (Å²) in [7, 11) is -2.02. The minimum Gasteiger partial charge on any atom is -0.212 e. The molecule has 0 radical (unpaired) electrons. The fourth-order valence-corrected chi connectivity index (χ4v) is 5.24. The molecule has 0 aromatic heterocycles. The van der Waals surface area contributed by atoms with Gasteiger partial charge in [-0.3, -0.25) is 0 Å². The molecule has 9 heteroatoms. The van der Waals surface area contributed by atoms with E-state index in [4.69, 9.17) is 10.7 Å². The van der Waals surface area contributed by atoms with Crippen LogP contribution >= 0.6 is 22.4 Å².